The fourth-order valence-electron chi connectivity index (χ4n) is 3.96. The third kappa shape index (κ3) is 3.37. The zero-order chi connectivity index (χ0) is 20.7. The normalized spacial score (nSPS) is 18.8. The number of rotatable bonds is 5. The smallest absolute Gasteiger partial charge is 0.151 e. The molecule has 0 saturated carbocycles. The number of hydrogen-bond acceptors (Lipinski definition) is 5. The number of benzene rings is 1. The number of aliphatic imine (C=N–C) groups is 1. The maximum Gasteiger partial charge on any atom is 0.151 e. The summed E-state index contributed by atoms with van der Waals surface area (Å²) in [5, 5.41) is 0.0601. The summed E-state index contributed by atoms with van der Waals surface area (Å²) >= 11 is 6.22. The van der Waals surface area contributed by atoms with Crippen LogP contribution in [-0.2, 0) is 12.8 Å². The van der Waals surface area contributed by atoms with Crippen LogP contribution in [0.15, 0.2) is 41.4 Å². The quantitative estimate of drug-likeness (QED) is 0.784. The van der Waals surface area contributed by atoms with Gasteiger partial charge >= 0.3 is 0 Å². The lowest BCUT2D eigenvalue weighted by atomic mass is 9.89. The third-order valence-electron chi connectivity index (χ3n) is 5.34. The molecule has 0 aromatic heterocycles. The van der Waals surface area contributed by atoms with Gasteiger partial charge in [0.2, 0.25) is 0 Å². The first-order chi connectivity index (χ1) is 13.1. The Balaban J connectivity index is 2.07. The molecule has 0 amide bonds. The van der Waals surface area contributed by atoms with E-state index in [0.717, 1.165) is 22.5 Å². The van der Waals surface area contributed by atoms with Crippen molar-refractivity contribution in [2.75, 3.05) is 7.05 Å². The number of allylic oxidation sites excluding steroid dienone is 1. The molecule has 3 rings (SSSR count). The van der Waals surface area contributed by atoms with Crippen molar-refractivity contribution in [2.24, 2.45) is 22.4 Å². The van der Waals surface area contributed by atoms with Gasteiger partial charge in [-0.15, -0.1) is 0 Å². The van der Waals surface area contributed by atoms with E-state index in [-0.39, 0.29) is 16.9 Å². The van der Waals surface area contributed by atoms with Crippen molar-refractivity contribution in [1.29, 1.82) is 0 Å². The van der Waals surface area contributed by atoms with Gasteiger partial charge in [-0.05, 0) is 36.5 Å². The van der Waals surface area contributed by atoms with Crippen LogP contribution < -0.4 is 11.5 Å². The van der Waals surface area contributed by atoms with Crippen molar-refractivity contribution in [2.45, 2.75) is 39.8 Å². The summed E-state index contributed by atoms with van der Waals surface area (Å²) in [7, 11) is 2.02. The first-order valence-electron chi connectivity index (χ1n) is 9.30. The van der Waals surface area contributed by atoms with E-state index in [0.29, 0.717) is 30.2 Å². The minimum absolute atomic E-state index is 0.0216. The fourth-order valence-corrected chi connectivity index (χ4v) is 4.18. The fraction of sp³-hybridized carbons (Fsp3) is 0.381. The number of likely N-dealkylation sites (N-methyl/N-ethyl adjacent to an activating group) is 1. The minimum Gasteiger partial charge on any atom is -0.399 e. The van der Waals surface area contributed by atoms with E-state index in [1.54, 1.807) is 12.3 Å². The molecule has 7 heteroatoms. The maximum absolute atomic E-state index is 14.8. The molecule has 1 aromatic carbocycles. The Labute approximate surface area is 170 Å². The molecule has 0 spiro atoms. The van der Waals surface area contributed by atoms with Crippen LogP contribution in [0.2, 0.25) is 5.02 Å². The monoisotopic (exact) mass is 403 g/mol. The molecule has 0 bridgehead atoms. The van der Waals surface area contributed by atoms with Crippen molar-refractivity contribution >= 4 is 23.1 Å². The molecule has 28 heavy (non-hydrogen) atoms. The number of hydrogen-bond donors (Lipinski definition) is 2. The second-order valence-electron chi connectivity index (χ2n) is 7.76. The molecule has 1 atom stereocenters. The number of amidine groups is 1. The van der Waals surface area contributed by atoms with Crippen LogP contribution in [-0.4, -0.2) is 28.8 Å². The summed E-state index contributed by atoms with van der Waals surface area (Å²) in [6, 6.07) is 1.72. The van der Waals surface area contributed by atoms with Crippen LogP contribution in [0.1, 0.15) is 37.5 Å². The highest BCUT2D eigenvalue weighted by Crippen LogP contribution is 2.36. The second kappa shape index (κ2) is 7.51. The highest BCUT2D eigenvalue weighted by atomic mass is 35.5. The summed E-state index contributed by atoms with van der Waals surface area (Å²) in [4.78, 5) is 8.46. The van der Waals surface area contributed by atoms with Crippen molar-refractivity contribution in [3.63, 3.8) is 0 Å². The first-order valence-corrected chi connectivity index (χ1v) is 9.68. The molecule has 0 aliphatic carbocycles. The highest BCUT2D eigenvalue weighted by Gasteiger charge is 2.36. The van der Waals surface area contributed by atoms with Gasteiger partial charge in [0.1, 0.15) is 17.7 Å². The molecule has 150 valence electrons. The Morgan fingerprint density at radius 3 is 2.71 bits per heavy atom. The van der Waals surface area contributed by atoms with Gasteiger partial charge in [0.15, 0.2) is 5.82 Å². The molecule has 5 nitrogen and oxygen atoms in total. The number of fused-ring (bicyclic) bond motifs is 1. The lowest BCUT2D eigenvalue weighted by Crippen LogP contribution is -2.40. The van der Waals surface area contributed by atoms with Gasteiger partial charge in [0.05, 0.1) is 5.02 Å². The van der Waals surface area contributed by atoms with Crippen molar-refractivity contribution in [1.82, 2.24) is 9.80 Å². The zero-order valence-corrected chi connectivity index (χ0v) is 17.5. The third-order valence-corrected chi connectivity index (χ3v) is 5.61. The van der Waals surface area contributed by atoms with Gasteiger partial charge < -0.3 is 21.3 Å². The molecule has 2 aliphatic rings. The molecule has 2 heterocycles. The Hall–Kier alpha value is -2.47. The summed E-state index contributed by atoms with van der Waals surface area (Å²) in [5.74, 6) is 0.314. The van der Waals surface area contributed by atoms with Crippen LogP contribution in [0.5, 0.6) is 0 Å². The predicted molar refractivity (Wildman–Crippen MR) is 114 cm³/mol. The lowest BCUT2D eigenvalue weighted by molar-refractivity contribution is 0.209. The van der Waals surface area contributed by atoms with E-state index in [4.69, 9.17) is 23.1 Å². The van der Waals surface area contributed by atoms with E-state index in [2.05, 4.69) is 35.2 Å². The predicted octanol–water partition coefficient (Wildman–Crippen LogP) is 3.80. The molecule has 4 N–H and O–H groups in total. The van der Waals surface area contributed by atoms with Gasteiger partial charge in [-0.25, -0.2) is 9.38 Å². The molecule has 0 radical (unpaired) electrons. The van der Waals surface area contributed by atoms with Gasteiger partial charge in [0, 0.05) is 42.8 Å². The molecule has 0 saturated heterocycles. The number of nitrogens with two attached hydrogens (primary N) is 2. The Morgan fingerprint density at radius 2 is 2.11 bits per heavy atom. The van der Waals surface area contributed by atoms with E-state index in [1.165, 1.54) is 0 Å². The van der Waals surface area contributed by atoms with Crippen molar-refractivity contribution in [3.8, 4) is 0 Å². The van der Waals surface area contributed by atoms with E-state index in [1.807, 2.05) is 20.2 Å². The van der Waals surface area contributed by atoms with Crippen LogP contribution in [0, 0.1) is 11.7 Å². The summed E-state index contributed by atoms with van der Waals surface area (Å²) in [6.45, 7) is 9.98. The minimum atomic E-state index is -0.502. The second-order valence-corrected chi connectivity index (χ2v) is 8.16. The molecular weight excluding hydrogens is 377 g/mol. The molecular formula is C21H27ClFN5. The zero-order valence-electron chi connectivity index (χ0n) is 16.8. The Kier molecular flexibility index (Phi) is 5.44. The largest absolute Gasteiger partial charge is 0.399 e. The van der Waals surface area contributed by atoms with E-state index < -0.39 is 5.82 Å². The average Bonchev–Trinajstić information content (AvgIpc) is 2.84. The van der Waals surface area contributed by atoms with E-state index >= 15 is 0 Å². The van der Waals surface area contributed by atoms with Crippen LogP contribution in [0.3, 0.4) is 0 Å². The average molecular weight is 404 g/mol. The Bertz CT molecular complexity index is 916. The maximum atomic E-state index is 14.8. The molecule has 1 unspecified atom stereocenters. The summed E-state index contributed by atoms with van der Waals surface area (Å²) in [6.07, 6.45) is 4.89. The lowest BCUT2D eigenvalue weighted by Gasteiger charge is -2.32. The summed E-state index contributed by atoms with van der Waals surface area (Å²) in [5.41, 5.74) is 16.3. The van der Waals surface area contributed by atoms with Gasteiger partial charge in [-0.3, -0.25) is 0 Å². The molecule has 2 aliphatic heterocycles. The topological polar surface area (TPSA) is 70.9 Å². The number of nitrogens with zero attached hydrogens (tertiary/aromatic N) is 3. The van der Waals surface area contributed by atoms with Crippen molar-refractivity contribution in [3.05, 3.63) is 64.0 Å². The standard InChI is InChI=1S/C21H27ClFN5/c1-11(2)8-15-14(9-16(22)19(23)18(15)12(3)24)10-17-27(5)13(4)20-21(25)26-6-7-28(17)20/h6-7,9,11,17H,3,8,10,24H2,1-2,4-5H3,(H2,25,26). The SMILES string of the molecule is C=C(N)c1c(F)c(Cl)cc(CC2N(C)C(C)=C3C(N)=NC=CN32)c1CC(C)C. The van der Waals surface area contributed by atoms with Gasteiger partial charge in [-0.1, -0.05) is 32.0 Å². The summed E-state index contributed by atoms with van der Waals surface area (Å²) < 4.78 is 14.8. The van der Waals surface area contributed by atoms with Crippen LogP contribution in [0.4, 0.5) is 4.39 Å². The highest BCUT2D eigenvalue weighted by molar-refractivity contribution is 6.31. The van der Waals surface area contributed by atoms with Crippen molar-refractivity contribution < 1.29 is 4.39 Å². The molecule has 0 fully saturated rings. The van der Waals surface area contributed by atoms with Gasteiger partial charge in [0.25, 0.3) is 0 Å². The molecule has 1 aromatic rings. The number of halogens is 2. The van der Waals surface area contributed by atoms with Crippen LogP contribution in [0.25, 0.3) is 5.70 Å². The Morgan fingerprint density at radius 1 is 1.43 bits per heavy atom. The van der Waals surface area contributed by atoms with E-state index in [9.17, 15) is 4.39 Å². The first kappa shape index (κ1) is 20.3. The van der Waals surface area contributed by atoms with Gasteiger partial charge in [-0.2, -0.15) is 0 Å². The van der Waals surface area contributed by atoms with Crippen LogP contribution >= 0.6 is 11.6 Å².